The minimum Gasteiger partial charge on any atom is -0.495 e. The van der Waals surface area contributed by atoms with Crippen molar-refractivity contribution in [2.75, 3.05) is 38.2 Å². The molecule has 5 nitrogen and oxygen atoms in total. The molecule has 2 aliphatic heterocycles. The minimum absolute atomic E-state index is 0.179. The van der Waals surface area contributed by atoms with Gasteiger partial charge in [-0.1, -0.05) is 11.6 Å². The van der Waals surface area contributed by atoms with E-state index in [4.69, 9.17) is 16.3 Å². The number of rotatable bonds is 6. The van der Waals surface area contributed by atoms with Gasteiger partial charge in [0.1, 0.15) is 5.75 Å². The van der Waals surface area contributed by atoms with E-state index in [0.29, 0.717) is 23.2 Å². The first kappa shape index (κ1) is 19.3. The van der Waals surface area contributed by atoms with Crippen molar-refractivity contribution in [2.45, 2.75) is 30.2 Å². The van der Waals surface area contributed by atoms with Crippen LogP contribution in [0.5, 0.6) is 5.75 Å². The molecule has 25 heavy (non-hydrogen) atoms. The summed E-state index contributed by atoms with van der Waals surface area (Å²) in [4.78, 5) is 2.76. The summed E-state index contributed by atoms with van der Waals surface area (Å²) in [6.07, 6.45) is 3.39. The fraction of sp³-hybridized carbons (Fsp3) is 0.647. The highest BCUT2D eigenvalue weighted by molar-refractivity contribution is 7.99. The monoisotopic (exact) mass is 404 g/mol. The lowest BCUT2D eigenvalue weighted by Gasteiger charge is -2.35. The van der Waals surface area contributed by atoms with Crippen LogP contribution in [-0.4, -0.2) is 57.6 Å². The molecule has 0 bridgehead atoms. The molecule has 1 atom stereocenters. The van der Waals surface area contributed by atoms with Crippen molar-refractivity contribution in [1.82, 2.24) is 9.62 Å². The quantitative estimate of drug-likeness (QED) is 0.790. The second-order valence-electron chi connectivity index (χ2n) is 6.65. The molecule has 140 valence electrons. The van der Waals surface area contributed by atoms with Gasteiger partial charge in [0.05, 0.1) is 17.0 Å². The zero-order chi connectivity index (χ0) is 17.9. The van der Waals surface area contributed by atoms with E-state index in [2.05, 4.69) is 9.62 Å². The third-order valence-electron chi connectivity index (χ3n) is 5.07. The van der Waals surface area contributed by atoms with E-state index in [9.17, 15) is 8.42 Å². The third-order valence-corrected chi connectivity index (χ3v) is 7.93. The average molecular weight is 405 g/mol. The number of piperidine rings is 1. The number of thioether (sulfide) groups is 1. The first-order valence-corrected chi connectivity index (χ1v) is 11.7. The van der Waals surface area contributed by atoms with Crippen LogP contribution in [0.3, 0.4) is 0 Å². The molecular weight excluding hydrogens is 380 g/mol. The lowest BCUT2D eigenvalue weighted by atomic mass is 9.96. The highest BCUT2D eigenvalue weighted by Crippen LogP contribution is 2.28. The molecule has 1 N–H and O–H groups in total. The molecule has 2 heterocycles. The maximum Gasteiger partial charge on any atom is 0.240 e. The van der Waals surface area contributed by atoms with Gasteiger partial charge in [0.25, 0.3) is 0 Å². The van der Waals surface area contributed by atoms with Crippen molar-refractivity contribution in [2.24, 2.45) is 5.92 Å². The van der Waals surface area contributed by atoms with Gasteiger partial charge in [-0.3, -0.25) is 4.90 Å². The number of hydrogen-bond acceptors (Lipinski definition) is 5. The molecule has 1 aromatic rings. The minimum atomic E-state index is -3.54. The number of ether oxygens (including phenoxy) is 1. The molecular formula is C17H25ClN2O3S2. The smallest absolute Gasteiger partial charge is 0.240 e. The van der Waals surface area contributed by atoms with E-state index < -0.39 is 10.0 Å². The van der Waals surface area contributed by atoms with Crippen LogP contribution >= 0.6 is 23.4 Å². The van der Waals surface area contributed by atoms with Crippen molar-refractivity contribution in [3.8, 4) is 5.75 Å². The van der Waals surface area contributed by atoms with E-state index in [0.717, 1.165) is 32.0 Å². The van der Waals surface area contributed by atoms with E-state index in [1.807, 2.05) is 11.8 Å². The first-order chi connectivity index (χ1) is 12.0. The van der Waals surface area contributed by atoms with Crippen molar-refractivity contribution in [3.63, 3.8) is 0 Å². The summed E-state index contributed by atoms with van der Waals surface area (Å²) in [5, 5.41) is 0.299. The summed E-state index contributed by atoms with van der Waals surface area (Å²) >= 11 is 8.08. The van der Waals surface area contributed by atoms with E-state index in [1.54, 1.807) is 6.07 Å². The number of nitrogens with one attached hydrogen (secondary N) is 1. The number of benzene rings is 1. The third kappa shape index (κ3) is 4.83. The van der Waals surface area contributed by atoms with Gasteiger partial charge in [0, 0.05) is 18.3 Å². The highest BCUT2D eigenvalue weighted by atomic mass is 35.5. The van der Waals surface area contributed by atoms with E-state index in [1.165, 1.54) is 37.2 Å². The van der Waals surface area contributed by atoms with Crippen molar-refractivity contribution >= 4 is 33.4 Å². The molecule has 0 spiro atoms. The summed E-state index contributed by atoms with van der Waals surface area (Å²) in [6, 6.07) is 5.26. The molecule has 2 saturated heterocycles. The maximum atomic E-state index is 12.5. The lowest BCUT2D eigenvalue weighted by molar-refractivity contribution is 0.145. The number of halogens is 1. The molecule has 0 radical (unpaired) electrons. The van der Waals surface area contributed by atoms with Crippen LogP contribution in [0.15, 0.2) is 23.1 Å². The SMILES string of the molecule is COc1ccc(S(=O)(=O)NCC2CCN([C@@H]3CCSC3)CC2)cc1Cl. The first-order valence-electron chi connectivity index (χ1n) is 8.64. The summed E-state index contributed by atoms with van der Waals surface area (Å²) in [6.45, 7) is 2.64. The molecule has 0 amide bonds. The number of likely N-dealkylation sites (tertiary alicyclic amines) is 1. The Bertz CT molecular complexity index is 685. The van der Waals surface area contributed by atoms with Crippen LogP contribution in [0.4, 0.5) is 0 Å². The Morgan fingerprint density at radius 3 is 2.68 bits per heavy atom. The zero-order valence-electron chi connectivity index (χ0n) is 14.4. The van der Waals surface area contributed by atoms with Crippen LogP contribution in [-0.2, 0) is 10.0 Å². The zero-order valence-corrected chi connectivity index (χ0v) is 16.8. The molecule has 3 rings (SSSR count). The standard InChI is InChI=1S/C17H25ClN2O3S2/c1-23-17-3-2-15(10-16(17)18)25(21,22)19-11-13-4-7-20(8-5-13)14-6-9-24-12-14/h2-3,10,13-14,19H,4-9,11-12H2,1H3/t14-/m1/s1. The lowest BCUT2D eigenvalue weighted by Crippen LogP contribution is -2.43. The van der Waals surface area contributed by atoms with Gasteiger partial charge in [-0.05, 0) is 62.2 Å². The van der Waals surface area contributed by atoms with E-state index in [-0.39, 0.29) is 4.90 Å². The Hall–Kier alpha value is -0.470. The van der Waals surface area contributed by atoms with Crippen molar-refractivity contribution in [3.05, 3.63) is 23.2 Å². The second kappa shape index (κ2) is 8.48. The van der Waals surface area contributed by atoms with Crippen LogP contribution in [0.25, 0.3) is 0 Å². The van der Waals surface area contributed by atoms with Crippen molar-refractivity contribution in [1.29, 1.82) is 0 Å². The van der Waals surface area contributed by atoms with Gasteiger partial charge < -0.3 is 4.74 Å². The number of sulfonamides is 1. The fourth-order valence-corrected chi connectivity index (χ4v) is 6.18. The summed E-state index contributed by atoms with van der Waals surface area (Å²) in [7, 11) is -2.04. The normalized spacial score (nSPS) is 23.0. The molecule has 8 heteroatoms. The van der Waals surface area contributed by atoms with Crippen LogP contribution in [0.1, 0.15) is 19.3 Å². The predicted molar refractivity (Wildman–Crippen MR) is 103 cm³/mol. The van der Waals surface area contributed by atoms with Gasteiger partial charge in [0.2, 0.25) is 10.0 Å². The Balaban J connectivity index is 1.52. The van der Waals surface area contributed by atoms with Crippen LogP contribution in [0, 0.1) is 5.92 Å². The molecule has 1 aromatic carbocycles. The van der Waals surface area contributed by atoms with Crippen molar-refractivity contribution < 1.29 is 13.2 Å². The van der Waals surface area contributed by atoms with Crippen LogP contribution in [0.2, 0.25) is 5.02 Å². The summed E-state index contributed by atoms with van der Waals surface area (Å²) in [5.74, 6) is 3.39. The van der Waals surface area contributed by atoms with Gasteiger partial charge in [-0.15, -0.1) is 0 Å². The summed E-state index contributed by atoms with van der Waals surface area (Å²) in [5.41, 5.74) is 0. The second-order valence-corrected chi connectivity index (χ2v) is 9.97. The Morgan fingerprint density at radius 1 is 1.32 bits per heavy atom. The Morgan fingerprint density at radius 2 is 2.08 bits per heavy atom. The molecule has 2 aliphatic rings. The molecule has 0 aliphatic carbocycles. The van der Waals surface area contributed by atoms with Gasteiger partial charge in [-0.2, -0.15) is 11.8 Å². The summed E-state index contributed by atoms with van der Waals surface area (Å²) < 4.78 is 32.8. The average Bonchev–Trinajstić information content (AvgIpc) is 3.15. The molecule has 0 unspecified atom stereocenters. The number of hydrogen-bond donors (Lipinski definition) is 1. The highest BCUT2D eigenvalue weighted by Gasteiger charge is 2.28. The number of nitrogens with zero attached hydrogens (tertiary/aromatic N) is 1. The maximum absolute atomic E-state index is 12.5. The topological polar surface area (TPSA) is 58.6 Å². The number of methoxy groups -OCH3 is 1. The van der Waals surface area contributed by atoms with Gasteiger partial charge in [0.15, 0.2) is 0 Å². The molecule has 2 fully saturated rings. The van der Waals surface area contributed by atoms with E-state index >= 15 is 0 Å². The largest absolute Gasteiger partial charge is 0.495 e. The Labute approximate surface area is 159 Å². The van der Waals surface area contributed by atoms with Crippen LogP contribution < -0.4 is 9.46 Å². The Kier molecular flexibility index (Phi) is 6.55. The molecule has 0 saturated carbocycles. The fourth-order valence-electron chi connectivity index (χ4n) is 3.46. The van der Waals surface area contributed by atoms with Gasteiger partial charge in [-0.25, -0.2) is 13.1 Å². The predicted octanol–water partition coefficient (Wildman–Crippen LogP) is 2.84. The molecule has 0 aromatic heterocycles. The van der Waals surface area contributed by atoms with Gasteiger partial charge >= 0.3 is 0 Å².